The Balaban J connectivity index is 1.10. The van der Waals surface area contributed by atoms with Gasteiger partial charge in [-0.2, -0.15) is 0 Å². The highest BCUT2D eigenvalue weighted by atomic mass is 15.1. The van der Waals surface area contributed by atoms with Crippen molar-refractivity contribution in [2.75, 3.05) is 0 Å². The molecule has 3 aromatic heterocycles. The third-order valence-electron chi connectivity index (χ3n) is 10.9. The maximum absolute atomic E-state index is 5.13. The molecule has 0 N–H and O–H groups in total. The number of para-hydroxylation sites is 5. The van der Waals surface area contributed by atoms with E-state index in [0.29, 0.717) is 5.82 Å². The minimum Gasteiger partial charge on any atom is -0.307 e. The molecule has 8 aromatic carbocycles. The average Bonchev–Trinajstić information content (AvgIpc) is 3.79. The molecule has 3 heterocycles. The van der Waals surface area contributed by atoms with Gasteiger partial charge in [0.2, 0.25) is 0 Å². The van der Waals surface area contributed by atoms with E-state index in [1.807, 2.05) is 12.1 Å². The van der Waals surface area contributed by atoms with Gasteiger partial charge in [0.15, 0.2) is 5.82 Å². The Hall–Kier alpha value is -7.56. The summed E-state index contributed by atoms with van der Waals surface area (Å²) >= 11 is 0. The molecular formula is C52H34N4. The Labute approximate surface area is 324 Å². The summed E-state index contributed by atoms with van der Waals surface area (Å²) in [6.45, 7) is 0. The smallest absolute Gasteiger partial charge is 0.160 e. The molecule has 0 aliphatic carbocycles. The van der Waals surface area contributed by atoms with Crippen LogP contribution in [0.15, 0.2) is 206 Å². The molecule has 11 rings (SSSR count). The maximum atomic E-state index is 5.13. The van der Waals surface area contributed by atoms with Crippen LogP contribution in [0.25, 0.3) is 100 Å². The summed E-state index contributed by atoms with van der Waals surface area (Å²) < 4.78 is 4.86. The Kier molecular flexibility index (Phi) is 7.46. The number of fused-ring (bicyclic) bond motifs is 6. The second-order valence-electron chi connectivity index (χ2n) is 14.2. The molecule has 0 aliphatic rings. The molecule has 0 saturated carbocycles. The summed E-state index contributed by atoms with van der Waals surface area (Å²) in [7, 11) is 0. The van der Waals surface area contributed by atoms with Crippen LogP contribution in [0.5, 0.6) is 0 Å². The van der Waals surface area contributed by atoms with Crippen LogP contribution in [0.3, 0.4) is 0 Å². The minimum atomic E-state index is 0.697. The Morgan fingerprint density at radius 3 is 1.23 bits per heavy atom. The van der Waals surface area contributed by atoms with Gasteiger partial charge in [-0.3, -0.25) is 0 Å². The molecule has 262 valence electrons. The lowest BCUT2D eigenvalue weighted by atomic mass is 10.0. The molecule has 0 unspecified atom stereocenters. The summed E-state index contributed by atoms with van der Waals surface area (Å²) in [5.41, 5.74) is 14.1. The fraction of sp³-hybridized carbons (Fsp3) is 0. The first kappa shape index (κ1) is 31.9. The number of rotatable bonds is 6. The zero-order valence-corrected chi connectivity index (χ0v) is 30.4. The monoisotopic (exact) mass is 714 g/mol. The van der Waals surface area contributed by atoms with Gasteiger partial charge in [0.1, 0.15) is 0 Å². The van der Waals surface area contributed by atoms with Crippen molar-refractivity contribution in [3.05, 3.63) is 206 Å². The summed E-state index contributed by atoms with van der Waals surface area (Å²) in [6.07, 6.45) is 0. The summed E-state index contributed by atoms with van der Waals surface area (Å²) in [5.74, 6) is 0.697. The molecular weight excluding hydrogens is 681 g/mol. The summed E-state index contributed by atoms with van der Waals surface area (Å²) in [5, 5.41) is 4.93. The van der Waals surface area contributed by atoms with Crippen molar-refractivity contribution < 1.29 is 0 Å². The fourth-order valence-corrected chi connectivity index (χ4v) is 8.36. The van der Waals surface area contributed by atoms with Crippen molar-refractivity contribution in [1.82, 2.24) is 19.1 Å². The van der Waals surface area contributed by atoms with Gasteiger partial charge in [0.25, 0.3) is 0 Å². The molecule has 4 nitrogen and oxygen atoms in total. The van der Waals surface area contributed by atoms with E-state index in [2.05, 4.69) is 203 Å². The van der Waals surface area contributed by atoms with Gasteiger partial charge in [-0.15, -0.1) is 0 Å². The van der Waals surface area contributed by atoms with Crippen molar-refractivity contribution in [2.45, 2.75) is 0 Å². The van der Waals surface area contributed by atoms with Crippen LogP contribution in [0, 0.1) is 0 Å². The molecule has 0 amide bonds. The average molecular weight is 715 g/mol. The largest absolute Gasteiger partial charge is 0.307 e. The summed E-state index contributed by atoms with van der Waals surface area (Å²) in [4.78, 5) is 10.3. The molecule has 4 heteroatoms. The first-order valence-corrected chi connectivity index (χ1v) is 19.0. The lowest BCUT2D eigenvalue weighted by Crippen LogP contribution is -2.03. The topological polar surface area (TPSA) is 35.6 Å². The zero-order valence-electron chi connectivity index (χ0n) is 30.4. The van der Waals surface area contributed by atoms with Crippen LogP contribution in [0.4, 0.5) is 0 Å². The Morgan fingerprint density at radius 1 is 0.268 bits per heavy atom. The zero-order chi connectivity index (χ0) is 37.0. The molecule has 0 saturated heterocycles. The maximum Gasteiger partial charge on any atom is 0.160 e. The third kappa shape index (κ3) is 5.23. The molecule has 0 spiro atoms. The van der Waals surface area contributed by atoms with E-state index in [9.17, 15) is 0 Å². The van der Waals surface area contributed by atoms with Gasteiger partial charge in [-0.1, -0.05) is 158 Å². The lowest BCUT2D eigenvalue weighted by Gasteiger charge is -2.17. The first-order valence-electron chi connectivity index (χ1n) is 19.0. The number of hydrogen-bond donors (Lipinski definition) is 0. The van der Waals surface area contributed by atoms with E-state index in [-0.39, 0.29) is 0 Å². The van der Waals surface area contributed by atoms with Gasteiger partial charge >= 0.3 is 0 Å². The Morgan fingerprint density at radius 2 is 0.679 bits per heavy atom. The van der Waals surface area contributed by atoms with Crippen molar-refractivity contribution in [3.63, 3.8) is 0 Å². The predicted octanol–water partition coefficient (Wildman–Crippen LogP) is 13.3. The normalized spacial score (nSPS) is 11.6. The first-order chi connectivity index (χ1) is 27.8. The number of benzene rings is 8. The van der Waals surface area contributed by atoms with E-state index in [0.717, 1.165) is 56.1 Å². The van der Waals surface area contributed by atoms with Crippen LogP contribution < -0.4 is 0 Å². The van der Waals surface area contributed by atoms with Crippen LogP contribution in [-0.4, -0.2) is 19.1 Å². The fourth-order valence-electron chi connectivity index (χ4n) is 8.36. The van der Waals surface area contributed by atoms with Crippen molar-refractivity contribution in [3.8, 4) is 56.4 Å². The van der Waals surface area contributed by atoms with Crippen molar-refractivity contribution in [1.29, 1.82) is 0 Å². The van der Waals surface area contributed by atoms with Crippen LogP contribution in [-0.2, 0) is 0 Å². The van der Waals surface area contributed by atoms with Crippen molar-refractivity contribution >= 4 is 43.6 Å². The predicted molar refractivity (Wildman–Crippen MR) is 232 cm³/mol. The second kappa shape index (κ2) is 13.1. The van der Waals surface area contributed by atoms with E-state index >= 15 is 0 Å². The lowest BCUT2D eigenvalue weighted by molar-refractivity contribution is 1.10. The highest BCUT2D eigenvalue weighted by Gasteiger charge is 2.19. The standard InChI is InChI=1S/C52H34N4/c1-3-16-35(17-4-1)44-34-45(36-18-5-2-6-19-36)54-52(53-44)39-21-15-20-37(32-39)38-30-31-43-42-24-9-12-27-48(42)56(51(43)33-38)50-29-14-13-28-49(50)55-46-25-10-7-22-40(46)41-23-8-11-26-47(41)55/h1-34H. The second-order valence-corrected chi connectivity index (χ2v) is 14.2. The highest BCUT2D eigenvalue weighted by Crippen LogP contribution is 2.39. The van der Waals surface area contributed by atoms with Gasteiger partial charge in [-0.05, 0) is 59.7 Å². The number of hydrogen-bond acceptors (Lipinski definition) is 2. The van der Waals surface area contributed by atoms with E-state index in [4.69, 9.17) is 9.97 Å². The van der Waals surface area contributed by atoms with E-state index in [1.165, 1.54) is 38.1 Å². The van der Waals surface area contributed by atoms with Crippen LogP contribution >= 0.6 is 0 Å². The SMILES string of the molecule is c1ccc(-c2cc(-c3ccccc3)nc(-c3cccc(-c4ccc5c6ccccc6n(-c6ccccc6-n6c7ccccc7c7ccccc76)c5c4)c3)n2)cc1. The molecule has 0 fully saturated rings. The van der Waals surface area contributed by atoms with Gasteiger partial charge in [0.05, 0.1) is 44.8 Å². The molecule has 0 bridgehead atoms. The van der Waals surface area contributed by atoms with Gasteiger partial charge < -0.3 is 9.13 Å². The molecule has 0 atom stereocenters. The highest BCUT2D eigenvalue weighted by molar-refractivity contribution is 6.12. The molecule has 56 heavy (non-hydrogen) atoms. The Bertz CT molecular complexity index is 3140. The minimum absolute atomic E-state index is 0.697. The van der Waals surface area contributed by atoms with Gasteiger partial charge in [-0.25, -0.2) is 9.97 Å². The van der Waals surface area contributed by atoms with Crippen molar-refractivity contribution in [2.24, 2.45) is 0 Å². The van der Waals surface area contributed by atoms with Crippen LogP contribution in [0.1, 0.15) is 0 Å². The van der Waals surface area contributed by atoms with E-state index in [1.54, 1.807) is 0 Å². The number of aromatic nitrogens is 4. The van der Waals surface area contributed by atoms with E-state index < -0.39 is 0 Å². The summed E-state index contributed by atoms with van der Waals surface area (Å²) in [6, 6.07) is 73.2. The van der Waals surface area contributed by atoms with Gasteiger partial charge in [0, 0.05) is 38.2 Å². The number of nitrogens with zero attached hydrogens (tertiary/aromatic N) is 4. The third-order valence-corrected chi connectivity index (χ3v) is 10.9. The molecule has 0 aliphatic heterocycles. The molecule has 11 aromatic rings. The quantitative estimate of drug-likeness (QED) is 0.172. The molecule has 0 radical (unpaired) electrons. The van der Waals surface area contributed by atoms with Crippen LogP contribution in [0.2, 0.25) is 0 Å².